The van der Waals surface area contributed by atoms with Crippen molar-refractivity contribution in [2.45, 2.75) is 20.3 Å². The maximum Gasteiger partial charge on any atom is 0.296 e. The molecule has 5 heteroatoms. The normalized spacial score (nSPS) is 25.6. The molecular formula is C15H17FN2O2. The number of carbonyl (C=O) groups excluding carboxylic acids is 2. The van der Waals surface area contributed by atoms with Gasteiger partial charge >= 0.3 is 0 Å². The van der Waals surface area contributed by atoms with Crippen molar-refractivity contribution in [1.82, 2.24) is 0 Å². The zero-order valence-electron chi connectivity index (χ0n) is 11.6. The van der Waals surface area contributed by atoms with E-state index in [-0.39, 0.29) is 5.56 Å². The first kappa shape index (κ1) is 13.1. The summed E-state index contributed by atoms with van der Waals surface area (Å²) < 4.78 is 14.3. The van der Waals surface area contributed by atoms with Crippen molar-refractivity contribution in [2.75, 3.05) is 23.3 Å². The number of piperidine rings is 1. The van der Waals surface area contributed by atoms with Crippen LogP contribution in [0.2, 0.25) is 0 Å². The van der Waals surface area contributed by atoms with E-state index in [4.69, 9.17) is 0 Å². The Morgan fingerprint density at radius 1 is 1.20 bits per heavy atom. The van der Waals surface area contributed by atoms with Crippen LogP contribution in [0, 0.1) is 17.7 Å². The number of amides is 1. The second-order valence-electron chi connectivity index (χ2n) is 5.98. The molecule has 1 aromatic carbocycles. The molecule has 3 rings (SSSR count). The molecule has 0 aliphatic carbocycles. The first-order chi connectivity index (χ1) is 9.45. The number of anilines is 2. The maximum atomic E-state index is 14.3. The second kappa shape index (κ2) is 4.58. The number of halogens is 1. The number of rotatable bonds is 1. The Hall–Kier alpha value is -1.91. The second-order valence-corrected chi connectivity index (χ2v) is 5.98. The van der Waals surface area contributed by atoms with E-state index >= 15 is 0 Å². The third-order valence-corrected chi connectivity index (χ3v) is 4.00. The van der Waals surface area contributed by atoms with Gasteiger partial charge in [-0.1, -0.05) is 13.8 Å². The predicted octanol–water partition coefficient (Wildman–Crippen LogP) is 2.44. The van der Waals surface area contributed by atoms with Gasteiger partial charge in [0, 0.05) is 13.1 Å². The molecule has 1 N–H and O–H groups in total. The Balaban J connectivity index is 1.97. The molecule has 1 aromatic rings. The van der Waals surface area contributed by atoms with E-state index in [1.165, 1.54) is 6.07 Å². The van der Waals surface area contributed by atoms with Crippen LogP contribution in [-0.2, 0) is 4.79 Å². The minimum atomic E-state index is -0.683. The molecule has 0 aromatic heterocycles. The Morgan fingerprint density at radius 3 is 2.50 bits per heavy atom. The van der Waals surface area contributed by atoms with Crippen molar-refractivity contribution in [3.63, 3.8) is 0 Å². The van der Waals surface area contributed by atoms with E-state index in [0.717, 1.165) is 19.5 Å². The van der Waals surface area contributed by atoms with E-state index in [2.05, 4.69) is 19.2 Å². The van der Waals surface area contributed by atoms with E-state index in [1.807, 2.05) is 4.90 Å². The molecule has 0 bridgehead atoms. The first-order valence-corrected chi connectivity index (χ1v) is 6.90. The Kier molecular flexibility index (Phi) is 3.00. The smallest absolute Gasteiger partial charge is 0.296 e. The third-order valence-electron chi connectivity index (χ3n) is 4.00. The fraction of sp³-hybridized carbons (Fsp3) is 0.467. The van der Waals surface area contributed by atoms with E-state index < -0.39 is 17.5 Å². The molecule has 2 unspecified atom stereocenters. The van der Waals surface area contributed by atoms with Crippen LogP contribution in [0.1, 0.15) is 30.6 Å². The van der Waals surface area contributed by atoms with E-state index in [1.54, 1.807) is 6.07 Å². The summed E-state index contributed by atoms with van der Waals surface area (Å²) in [7, 11) is 0. The Labute approximate surface area is 117 Å². The van der Waals surface area contributed by atoms with Crippen molar-refractivity contribution in [3.8, 4) is 0 Å². The fourth-order valence-electron chi connectivity index (χ4n) is 3.26. The summed E-state index contributed by atoms with van der Waals surface area (Å²) in [6.45, 7) is 5.89. The number of hydrogen-bond donors (Lipinski definition) is 1. The quantitative estimate of drug-likeness (QED) is 0.801. The van der Waals surface area contributed by atoms with Crippen molar-refractivity contribution in [1.29, 1.82) is 0 Å². The number of benzene rings is 1. The molecule has 2 atom stereocenters. The predicted molar refractivity (Wildman–Crippen MR) is 74.5 cm³/mol. The highest BCUT2D eigenvalue weighted by Gasteiger charge is 2.31. The summed E-state index contributed by atoms with van der Waals surface area (Å²) in [4.78, 5) is 24.9. The molecule has 0 spiro atoms. The van der Waals surface area contributed by atoms with Gasteiger partial charge in [-0.25, -0.2) is 4.39 Å². The lowest BCUT2D eigenvalue weighted by Crippen LogP contribution is -2.39. The molecule has 1 saturated heterocycles. The molecule has 2 aliphatic rings. The lowest BCUT2D eigenvalue weighted by atomic mass is 9.91. The van der Waals surface area contributed by atoms with Gasteiger partial charge in [-0.3, -0.25) is 9.59 Å². The number of ketones is 1. The summed E-state index contributed by atoms with van der Waals surface area (Å²) >= 11 is 0. The van der Waals surface area contributed by atoms with Gasteiger partial charge in [-0.2, -0.15) is 0 Å². The number of carbonyl (C=O) groups is 2. The van der Waals surface area contributed by atoms with Crippen molar-refractivity contribution >= 4 is 23.1 Å². The molecule has 2 aliphatic heterocycles. The summed E-state index contributed by atoms with van der Waals surface area (Å²) in [6, 6.07) is 2.76. The Bertz CT molecular complexity index is 590. The Morgan fingerprint density at radius 2 is 1.85 bits per heavy atom. The molecule has 2 heterocycles. The molecule has 0 radical (unpaired) electrons. The lowest BCUT2D eigenvalue weighted by molar-refractivity contribution is -0.112. The maximum absolute atomic E-state index is 14.3. The minimum absolute atomic E-state index is 0.134. The number of fused-ring (bicyclic) bond motifs is 1. The summed E-state index contributed by atoms with van der Waals surface area (Å²) in [5.41, 5.74) is 1.02. The largest absolute Gasteiger partial charge is 0.369 e. The van der Waals surface area contributed by atoms with E-state index in [0.29, 0.717) is 23.2 Å². The summed E-state index contributed by atoms with van der Waals surface area (Å²) in [6.07, 6.45) is 1.14. The van der Waals surface area contributed by atoms with Gasteiger partial charge in [0.2, 0.25) is 0 Å². The molecule has 1 fully saturated rings. The van der Waals surface area contributed by atoms with Gasteiger partial charge < -0.3 is 10.2 Å². The van der Waals surface area contributed by atoms with Gasteiger partial charge in [-0.05, 0) is 30.4 Å². The number of Topliss-reactive ketones (excluding diaryl/α,β-unsaturated/α-hetero) is 1. The summed E-state index contributed by atoms with van der Waals surface area (Å²) in [5, 5.41) is 2.49. The average Bonchev–Trinajstić information content (AvgIpc) is 2.63. The van der Waals surface area contributed by atoms with Gasteiger partial charge in [0.1, 0.15) is 5.82 Å². The van der Waals surface area contributed by atoms with Crippen LogP contribution in [0.4, 0.5) is 15.8 Å². The van der Waals surface area contributed by atoms with Crippen LogP contribution in [0.25, 0.3) is 0 Å². The standard InChI is InChI=1S/C15H17FN2O2/c1-8-3-9(2)7-18(6-8)13-5-12-10(4-11(13)16)14(19)15(20)17-12/h4-5,8-9H,3,6-7H2,1-2H3,(H,17,19,20). The van der Waals surface area contributed by atoms with Crippen LogP contribution < -0.4 is 10.2 Å². The SMILES string of the molecule is CC1CC(C)CN(c2cc3c(cc2F)C(=O)C(=O)N3)C1. The van der Waals surface area contributed by atoms with Crippen LogP contribution in [0.3, 0.4) is 0 Å². The average molecular weight is 276 g/mol. The van der Waals surface area contributed by atoms with Crippen molar-refractivity contribution in [3.05, 3.63) is 23.5 Å². The third kappa shape index (κ3) is 2.07. The lowest BCUT2D eigenvalue weighted by Gasteiger charge is -2.36. The van der Waals surface area contributed by atoms with Crippen LogP contribution >= 0.6 is 0 Å². The molecule has 1 amide bonds. The first-order valence-electron chi connectivity index (χ1n) is 6.90. The topological polar surface area (TPSA) is 49.4 Å². The number of hydrogen-bond acceptors (Lipinski definition) is 3. The van der Waals surface area contributed by atoms with Gasteiger partial charge in [-0.15, -0.1) is 0 Å². The molecule has 106 valence electrons. The van der Waals surface area contributed by atoms with Crippen LogP contribution in [0.15, 0.2) is 12.1 Å². The van der Waals surface area contributed by atoms with Gasteiger partial charge in [0.15, 0.2) is 0 Å². The molecular weight excluding hydrogens is 259 g/mol. The van der Waals surface area contributed by atoms with Gasteiger partial charge in [0.25, 0.3) is 11.7 Å². The van der Waals surface area contributed by atoms with Crippen LogP contribution in [0.5, 0.6) is 0 Å². The number of nitrogens with one attached hydrogen (secondary N) is 1. The zero-order chi connectivity index (χ0) is 14.4. The molecule has 20 heavy (non-hydrogen) atoms. The number of nitrogens with zero attached hydrogens (tertiary/aromatic N) is 1. The minimum Gasteiger partial charge on any atom is -0.369 e. The van der Waals surface area contributed by atoms with Crippen molar-refractivity contribution in [2.24, 2.45) is 11.8 Å². The highest BCUT2D eigenvalue weighted by atomic mass is 19.1. The molecule has 4 nitrogen and oxygen atoms in total. The zero-order valence-corrected chi connectivity index (χ0v) is 11.6. The van der Waals surface area contributed by atoms with E-state index in [9.17, 15) is 14.0 Å². The highest BCUT2D eigenvalue weighted by Crippen LogP contribution is 2.34. The fourth-order valence-corrected chi connectivity index (χ4v) is 3.26. The monoisotopic (exact) mass is 276 g/mol. The molecule has 0 saturated carbocycles. The highest BCUT2D eigenvalue weighted by molar-refractivity contribution is 6.51. The summed E-state index contributed by atoms with van der Waals surface area (Å²) in [5.74, 6) is -0.775. The van der Waals surface area contributed by atoms with Crippen molar-refractivity contribution < 1.29 is 14.0 Å². The van der Waals surface area contributed by atoms with Crippen LogP contribution in [-0.4, -0.2) is 24.8 Å². The van der Waals surface area contributed by atoms with Gasteiger partial charge in [0.05, 0.1) is 16.9 Å².